The summed E-state index contributed by atoms with van der Waals surface area (Å²) < 4.78 is 37.0. The second-order valence-electron chi connectivity index (χ2n) is 6.03. The number of amides is 3. The maximum absolute atomic E-state index is 12.7. The van der Waals surface area contributed by atoms with Crippen LogP contribution in [0.25, 0.3) is 0 Å². The van der Waals surface area contributed by atoms with Gasteiger partial charge in [0.15, 0.2) is 0 Å². The predicted octanol–water partition coefficient (Wildman–Crippen LogP) is 1.47. The lowest BCUT2D eigenvalue weighted by Gasteiger charge is -2.23. The van der Waals surface area contributed by atoms with Gasteiger partial charge in [-0.05, 0) is 25.5 Å². The van der Waals surface area contributed by atoms with Gasteiger partial charge in [0, 0.05) is 24.7 Å². The van der Waals surface area contributed by atoms with Gasteiger partial charge in [0.1, 0.15) is 12.5 Å². The van der Waals surface area contributed by atoms with E-state index in [1.54, 1.807) is 37.3 Å². The number of benzene rings is 1. The summed E-state index contributed by atoms with van der Waals surface area (Å²) in [7, 11) is 0. The number of nitrogens with zero attached hydrogens (tertiary/aromatic N) is 1. The predicted molar refractivity (Wildman–Crippen MR) is 87.2 cm³/mol. The van der Waals surface area contributed by atoms with E-state index in [1.807, 2.05) is 0 Å². The standard InChI is InChI=1S/C17H20F3N3O3/c1-2-21-15(25)13-8-12(22-14(24)9-17(18,19)20)10-23(13)16(26)11-6-4-3-5-7-11/h3-7,12-13H,2,8-10H2,1H3,(H,21,25)(H,22,24)/t12-,13-/m0/s1. The van der Waals surface area contributed by atoms with Gasteiger partial charge in [0.2, 0.25) is 11.8 Å². The molecule has 1 aliphatic heterocycles. The molecule has 1 heterocycles. The van der Waals surface area contributed by atoms with Gasteiger partial charge in [-0.3, -0.25) is 14.4 Å². The maximum Gasteiger partial charge on any atom is 0.397 e. The minimum atomic E-state index is -4.61. The Kier molecular flexibility index (Phi) is 6.23. The molecule has 6 nitrogen and oxygen atoms in total. The van der Waals surface area contributed by atoms with Gasteiger partial charge in [-0.25, -0.2) is 0 Å². The Hall–Kier alpha value is -2.58. The Morgan fingerprint density at radius 2 is 1.85 bits per heavy atom. The molecule has 2 rings (SSSR count). The quantitative estimate of drug-likeness (QED) is 0.823. The lowest BCUT2D eigenvalue weighted by molar-refractivity contribution is -0.154. The van der Waals surface area contributed by atoms with Crippen molar-refractivity contribution in [3.8, 4) is 0 Å². The second kappa shape index (κ2) is 8.20. The average molecular weight is 371 g/mol. The van der Waals surface area contributed by atoms with E-state index in [2.05, 4.69) is 10.6 Å². The van der Waals surface area contributed by atoms with Gasteiger partial charge in [-0.1, -0.05) is 18.2 Å². The number of likely N-dealkylation sites (N-methyl/N-ethyl adjacent to an activating group) is 1. The molecular weight excluding hydrogens is 351 g/mol. The first kappa shape index (κ1) is 19.7. The topological polar surface area (TPSA) is 78.5 Å². The fourth-order valence-corrected chi connectivity index (χ4v) is 2.91. The van der Waals surface area contributed by atoms with E-state index in [-0.39, 0.29) is 13.0 Å². The number of nitrogens with one attached hydrogen (secondary N) is 2. The highest BCUT2D eigenvalue weighted by molar-refractivity contribution is 5.98. The summed E-state index contributed by atoms with van der Waals surface area (Å²) >= 11 is 0. The van der Waals surface area contributed by atoms with Crippen LogP contribution in [0.1, 0.15) is 30.1 Å². The third-order valence-corrected chi connectivity index (χ3v) is 3.96. The van der Waals surface area contributed by atoms with Gasteiger partial charge < -0.3 is 15.5 Å². The molecule has 0 aromatic heterocycles. The van der Waals surface area contributed by atoms with Crippen molar-refractivity contribution in [2.45, 2.75) is 38.0 Å². The van der Waals surface area contributed by atoms with Crippen LogP contribution in [-0.2, 0) is 9.59 Å². The van der Waals surface area contributed by atoms with Crippen molar-refractivity contribution in [2.75, 3.05) is 13.1 Å². The van der Waals surface area contributed by atoms with Crippen molar-refractivity contribution in [1.29, 1.82) is 0 Å². The van der Waals surface area contributed by atoms with E-state index in [0.717, 1.165) is 0 Å². The summed E-state index contributed by atoms with van der Waals surface area (Å²) in [6.07, 6.45) is -6.14. The smallest absolute Gasteiger partial charge is 0.355 e. The van der Waals surface area contributed by atoms with Crippen molar-refractivity contribution in [3.63, 3.8) is 0 Å². The molecule has 0 saturated carbocycles. The van der Waals surface area contributed by atoms with E-state index in [1.165, 1.54) is 4.90 Å². The Morgan fingerprint density at radius 3 is 2.42 bits per heavy atom. The molecule has 3 amide bonds. The molecule has 2 N–H and O–H groups in total. The highest BCUT2D eigenvalue weighted by Gasteiger charge is 2.41. The van der Waals surface area contributed by atoms with Crippen molar-refractivity contribution in [3.05, 3.63) is 35.9 Å². The molecule has 0 unspecified atom stereocenters. The highest BCUT2D eigenvalue weighted by atomic mass is 19.4. The zero-order valence-corrected chi connectivity index (χ0v) is 14.2. The molecule has 1 aromatic rings. The third-order valence-electron chi connectivity index (χ3n) is 3.96. The van der Waals surface area contributed by atoms with Crippen LogP contribution in [0.15, 0.2) is 30.3 Å². The number of hydrogen-bond donors (Lipinski definition) is 2. The maximum atomic E-state index is 12.7. The zero-order valence-electron chi connectivity index (χ0n) is 14.2. The summed E-state index contributed by atoms with van der Waals surface area (Å²) in [4.78, 5) is 37.8. The molecule has 1 saturated heterocycles. The number of carbonyl (C=O) groups excluding carboxylic acids is 3. The second-order valence-corrected chi connectivity index (χ2v) is 6.03. The molecule has 0 aliphatic carbocycles. The molecule has 1 aromatic carbocycles. The number of alkyl halides is 3. The SMILES string of the molecule is CCNC(=O)[C@@H]1C[C@H](NC(=O)CC(F)(F)F)CN1C(=O)c1ccccc1. The van der Waals surface area contributed by atoms with Crippen LogP contribution in [0.4, 0.5) is 13.2 Å². The normalized spacial score (nSPS) is 19.9. The largest absolute Gasteiger partial charge is 0.397 e. The third kappa shape index (κ3) is 5.21. The molecule has 9 heteroatoms. The number of carbonyl (C=O) groups is 3. The monoisotopic (exact) mass is 371 g/mol. The molecular formula is C17H20F3N3O3. The minimum absolute atomic E-state index is 0.0286. The molecule has 2 atom stereocenters. The Labute approximate surface area is 148 Å². The Balaban J connectivity index is 2.12. The Bertz CT molecular complexity index is 664. The van der Waals surface area contributed by atoms with Gasteiger partial charge in [-0.15, -0.1) is 0 Å². The lowest BCUT2D eigenvalue weighted by Crippen LogP contribution is -2.46. The lowest BCUT2D eigenvalue weighted by atomic mass is 10.1. The first-order chi connectivity index (χ1) is 12.2. The molecule has 26 heavy (non-hydrogen) atoms. The van der Waals surface area contributed by atoms with Crippen LogP contribution in [0, 0.1) is 0 Å². The van der Waals surface area contributed by atoms with E-state index >= 15 is 0 Å². The van der Waals surface area contributed by atoms with Crippen LogP contribution in [0.3, 0.4) is 0 Å². The van der Waals surface area contributed by atoms with Crippen LogP contribution >= 0.6 is 0 Å². The first-order valence-electron chi connectivity index (χ1n) is 8.21. The molecule has 1 fully saturated rings. The summed E-state index contributed by atoms with van der Waals surface area (Å²) in [5.41, 5.74) is 0.365. The van der Waals surface area contributed by atoms with E-state index in [0.29, 0.717) is 12.1 Å². The van der Waals surface area contributed by atoms with Crippen molar-refractivity contribution in [2.24, 2.45) is 0 Å². The van der Waals surface area contributed by atoms with Crippen LogP contribution in [0.5, 0.6) is 0 Å². The first-order valence-corrected chi connectivity index (χ1v) is 8.21. The molecule has 1 aliphatic rings. The van der Waals surface area contributed by atoms with Crippen molar-refractivity contribution in [1.82, 2.24) is 15.5 Å². The number of likely N-dealkylation sites (tertiary alicyclic amines) is 1. The van der Waals surface area contributed by atoms with Crippen molar-refractivity contribution < 1.29 is 27.6 Å². The van der Waals surface area contributed by atoms with Crippen LogP contribution in [0.2, 0.25) is 0 Å². The minimum Gasteiger partial charge on any atom is -0.355 e. The van der Waals surface area contributed by atoms with Gasteiger partial charge in [0.25, 0.3) is 5.91 Å². The molecule has 0 spiro atoms. The fraction of sp³-hybridized carbons (Fsp3) is 0.471. The molecule has 142 valence electrons. The molecule has 0 bridgehead atoms. The highest BCUT2D eigenvalue weighted by Crippen LogP contribution is 2.23. The van der Waals surface area contributed by atoms with E-state index in [9.17, 15) is 27.6 Å². The van der Waals surface area contributed by atoms with Gasteiger partial charge in [-0.2, -0.15) is 13.2 Å². The Morgan fingerprint density at radius 1 is 1.19 bits per heavy atom. The zero-order chi connectivity index (χ0) is 19.3. The van der Waals surface area contributed by atoms with E-state index < -0.39 is 42.4 Å². The van der Waals surface area contributed by atoms with E-state index in [4.69, 9.17) is 0 Å². The fourth-order valence-electron chi connectivity index (χ4n) is 2.91. The number of halogens is 3. The number of rotatable bonds is 5. The summed E-state index contributed by atoms with van der Waals surface area (Å²) in [5.74, 6) is -1.98. The summed E-state index contributed by atoms with van der Waals surface area (Å²) in [6.45, 7) is 2.05. The van der Waals surface area contributed by atoms with Gasteiger partial charge >= 0.3 is 6.18 Å². The number of hydrogen-bond acceptors (Lipinski definition) is 3. The van der Waals surface area contributed by atoms with Gasteiger partial charge in [0.05, 0.1) is 0 Å². The van der Waals surface area contributed by atoms with Crippen molar-refractivity contribution >= 4 is 17.7 Å². The summed E-state index contributed by atoms with van der Waals surface area (Å²) in [6, 6.07) is 6.70. The summed E-state index contributed by atoms with van der Waals surface area (Å²) in [5, 5.41) is 4.88. The van der Waals surface area contributed by atoms with Crippen LogP contribution < -0.4 is 10.6 Å². The average Bonchev–Trinajstić information content (AvgIpc) is 2.97. The molecule has 0 radical (unpaired) electrons. The van der Waals surface area contributed by atoms with Crippen LogP contribution in [-0.4, -0.2) is 54.0 Å².